The van der Waals surface area contributed by atoms with Crippen LogP contribution in [0.4, 0.5) is 5.95 Å². The second-order valence-electron chi connectivity index (χ2n) is 11.1. The maximum Gasteiger partial charge on any atom is 0.225 e. The zero-order chi connectivity index (χ0) is 25.7. The van der Waals surface area contributed by atoms with Crippen LogP contribution in [-0.4, -0.2) is 51.7 Å². The maximum absolute atomic E-state index is 11.0. The average Bonchev–Trinajstić information content (AvgIpc) is 3.49. The van der Waals surface area contributed by atoms with E-state index in [2.05, 4.69) is 39.4 Å². The van der Waals surface area contributed by atoms with Crippen LogP contribution in [0.25, 0.3) is 21.7 Å². The van der Waals surface area contributed by atoms with E-state index in [0.29, 0.717) is 18.1 Å². The Labute approximate surface area is 229 Å². The van der Waals surface area contributed by atoms with Crippen molar-refractivity contribution >= 4 is 23.6 Å². The Morgan fingerprint density at radius 2 is 1.42 bits per heavy atom. The molecule has 6 rings (SSSR count). The largest absolute Gasteiger partial charge is 0.375 e. The minimum atomic E-state index is 0.224. The fraction of sp³-hybridized carbons (Fsp3) is 0.567. The fourth-order valence-electron chi connectivity index (χ4n) is 6.12. The average molecular weight is 532 g/mol. The molecule has 200 valence electrons. The molecule has 0 atom stereocenters. The zero-order valence-electron chi connectivity index (χ0n) is 22.0. The lowest BCUT2D eigenvalue weighted by molar-refractivity contribution is -0.111. The van der Waals surface area contributed by atoms with Gasteiger partial charge in [0, 0.05) is 48.4 Å². The highest BCUT2D eigenvalue weighted by atomic mass is 32.1. The molecular formula is C30H37N5O2S. The van der Waals surface area contributed by atoms with E-state index in [1.165, 1.54) is 32.1 Å². The van der Waals surface area contributed by atoms with Gasteiger partial charge in [-0.2, -0.15) is 0 Å². The first-order valence-electron chi connectivity index (χ1n) is 14.4. The van der Waals surface area contributed by atoms with Gasteiger partial charge in [-0.15, -0.1) is 10.2 Å². The molecule has 3 aromatic rings. The Morgan fingerprint density at radius 3 is 2.11 bits per heavy atom. The molecule has 3 aliphatic rings. The lowest BCUT2D eigenvalue weighted by Gasteiger charge is -2.34. The van der Waals surface area contributed by atoms with E-state index in [1.54, 1.807) is 11.3 Å². The van der Waals surface area contributed by atoms with Crippen molar-refractivity contribution in [2.45, 2.75) is 88.8 Å². The molecule has 3 fully saturated rings. The number of piperidine rings is 1. The van der Waals surface area contributed by atoms with Crippen molar-refractivity contribution in [3.8, 4) is 21.7 Å². The summed E-state index contributed by atoms with van der Waals surface area (Å²) in [6.45, 7) is 1.90. The summed E-state index contributed by atoms with van der Waals surface area (Å²) in [6.07, 6.45) is 18.4. The molecule has 38 heavy (non-hydrogen) atoms. The Balaban J connectivity index is 1.03. The molecule has 0 N–H and O–H groups in total. The van der Waals surface area contributed by atoms with Gasteiger partial charge in [0.2, 0.25) is 5.95 Å². The smallest absolute Gasteiger partial charge is 0.225 e. The normalized spacial score (nSPS) is 23.4. The molecule has 0 unspecified atom stereocenters. The molecule has 0 spiro atoms. The Kier molecular flexibility index (Phi) is 8.07. The number of anilines is 1. The number of ether oxygens (including phenoxy) is 1. The summed E-state index contributed by atoms with van der Waals surface area (Å²) in [4.78, 5) is 22.7. The lowest BCUT2D eigenvalue weighted by atomic mass is 9.83. The van der Waals surface area contributed by atoms with Crippen LogP contribution in [0.1, 0.15) is 81.6 Å². The third-order valence-corrected chi connectivity index (χ3v) is 9.65. The number of hydrogen-bond donors (Lipinski definition) is 0. The van der Waals surface area contributed by atoms with Crippen LogP contribution >= 0.6 is 11.3 Å². The van der Waals surface area contributed by atoms with Crippen molar-refractivity contribution in [1.82, 2.24) is 20.2 Å². The van der Waals surface area contributed by atoms with Crippen LogP contribution in [0, 0.1) is 5.92 Å². The second-order valence-corrected chi connectivity index (χ2v) is 12.1. The van der Waals surface area contributed by atoms with Crippen molar-refractivity contribution in [2.24, 2.45) is 5.92 Å². The molecule has 2 aromatic heterocycles. The summed E-state index contributed by atoms with van der Waals surface area (Å²) >= 11 is 1.68. The van der Waals surface area contributed by atoms with E-state index < -0.39 is 0 Å². The summed E-state index contributed by atoms with van der Waals surface area (Å²) in [7, 11) is 0. The van der Waals surface area contributed by atoms with Gasteiger partial charge in [-0.1, -0.05) is 54.9 Å². The van der Waals surface area contributed by atoms with Crippen molar-refractivity contribution < 1.29 is 9.53 Å². The highest BCUT2D eigenvalue weighted by Gasteiger charge is 2.26. The molecule has 7 nitrogen and oxygen atoms in total. The number of benzene rings is 1. The van der Waals surface area contributed by atoms with Gasteiger partial charge in [-0.05, 0) is 56.9 Å². The Bertz CT molecular complexity index is 1180. The Hall–Kier alpha value is -2.71. The molecule has 3 heterocycles. The third-order valence-electron chi connectivity index (χ3n) is 8.52. The molecule has 1 saturated heterocycles. The summed E-state index contributed by atoms with van der Waals surface area (Å²) < 4.78 is 6.39. The van der Waals surface area contributed by atoms with Gasteiger partial charge in [-0.25, -0.2) is 9.97 Å². The van der Waals surface area contributed by atoms with Crippen LogP contribution in [0.3, 0.4) is 0 Å². The monoisotopic (exact) mass is 531 g/mol. The highest BCUT2D eigenvalue weighted by molar-refractivity contribution is 7.14. The predicted molar refractivity (Wildman–Crippen MR) is 150 cm³/mol. The van der Waals surface area contributed by atoms with Gasteiger partial charge in [0.1, 0.15) is 16.3 Å². The number of hydrogen-bond acceptors (Lipinski definition) is 8. The standard InChI is InChI=1S/C30H37N5O2S/c36-20-21-6-8-23(9-7-21)28-33-34-29(38-28)24-12-10-22(11-13-24)25-18-31-30(32-19-25)35-16-14-27(15-17-35)37-26-4-2-1-3-5-26/h10-13,18-21,23,26-27H,1-9,14-17H2. The van der Waals surface area contributed by atoms with E-state index in [4.69, 9.17) is 14.7 Å². The third kappa shape index (κ3) is 5.96. The molecular weight excluding hydrogens is 494 g/mol. The van der Waals surface area contributed by atoms with Crippen LogP contribution in [-0.2, 0) is 9.53 Å². The number of rotatable bonds is 7. The van der Waals surface area contributed by atoms with Gasteiger partial charge < -0.3 is 14.4 Å². The first-order chi connectivity index (χ1) is 18.7. The number of carbonyl (C=O) groups is 1. The minimum absolute atomic E-state index is 0.224. The quantitative estimate of drug-likeness (QED) is 0.324. The van der Waals surface area contributed by atoms with E-state index in [0.717, 1.165) is 90.6 Å². The van der Waals surface area contributed by atoms with Crippen LogP contribution in [0.2, 0.25) is 0 Å². The van der Waals surface area contributed by atoms with E-state index in [9.17, 15) is 4.79 Å². The summed E-state index contributed by atoms with van der Waals surface area (Å²) in [5, 5.41) is 11.0. The molecule has 0 bridgehead atoms. The molecule has 2 aliphatic carbocycles. The molecule has 0 radical (unpaired) electrons. The SMILES string of the molecule is O=CC1CCC(c2nnc(-c3ccc(-c4cnc(N5CCC(OC6CCCCC6)CC5)nc4)cc3)s2)CC1. The minimum Gasteiger partial charge on any atom is -0.375 e. The molecule has 2 saturated carbocycles. The lowest BCUT2D eigenvalue weighted by Crippen LogP contribution is -2.39. The van der Waals surface area contributed by atoms with Gasteiger partial charge in [0.25, 0.3) is 0 Å². The fourth-order valence-corrected chi connectivity index (χ4v) is 7.14. The van der Waals surface area contributed by atoms with Crippen LogP contribution in [0.5, 0.6) is 0 Å². The molecule has 1 aliphatic heterocycles. The van der Waals surface area contributed by atoms with Gasteiger partial charge in [0.15, 0.2) is 0 Å². The van der Waals surface area contributed by atoms with Crippen molar-refractivity contribution in [3.05, 3.63) is 41.7 Å². The Morgan fingerprint density at radius 1 is 0.763 bits per heavy atom. The van der Waals surface area contributed by atoms with E-state index >= 15 is 0 Å². The molecule has 1 aromatic carbocycles. The summed E-state index contributed by atoms with van der Waals surface area (Å²) in [6, 6.07) is 8.43. The maximum atomic E-state index is 11.0. The van der Waals surface area contributed by atoms with E-state index in [-0.39, 0.29) is 5.92 Å². The number of aromatic nitrogens is 4. The highest BCUT2D eigenvalue weighted by Crippen LogP contribution is 2.38. The number of aldehydes is 1. The first-order valence-corrected chi connectivity index (χ1v) is 15.2. The van der Waals surface area contributed by atoms with Gasteiger partial charge in [-0.3, -0.25) is 0 Å². The van der Waals surface area contributed by atoms with Crippen LogP contribution in [0.15, 0.2) is 36.7 Å². The van der Waals surface area contributed by atoms with Crippen molar-refractivity contribution in [3.63, 3.8) is 0 Å². The topological polar surface area (TPSA) is 81.1 Å². The number of carbonyl (C=O) groups excluding carboxylic acids is 1. The van der Waals surface area contributed by atoms with E-state index in [1.807, 2.05) is 12.4 Å². The van der Waals surface area contributed by atoms with Crippen molar-refractivity contribution in [1.29, 1.82) is 0 Å². The predicted octanol–water partition coefficient (Wildman–Crippen LogP) is 6.45. The molecule has 0 amide bonds. The molecule has 8 heteroatoms. The van der Waals surface area contributed by atoms with Gasteiger partial charge in [0.05, 0.1) is 12.2 Å². The second kappa shape index (κ2) is 12.0. The number of nitrogens with zero attached hydrogens (tertiary/aromatic N) is 5. The van der Waals surface area contributed by atoms with Crippen LogP contribution < -0.4 is 4.90 Å². The van der Waals surface area contributed by atoms with Gasteiger partial charge >= 0.3 is 0 Å². The summed E-state index contributed by atoms with van der Waals surface area (Å²) in [5.74, 6) is 1.47. The summed E-state index contributed by atoms with van der Waals surface area (Å²) in [5.41, 5.74) is 3.19. The van der Waals surface area contributed by atoms with Crippen molar-refractivity contribution in [2.75, 3.05) is 18.0 Å². The zero-order valence-corrected chi connectivity index (χ0v) is 22.8. The first kappa shape index (κ1) is 25.6.